The number of hydrogen-bond acceptors (Lipinski definition) is 6. The Hall–Kier alpha value is -4.04. The molecule has 3 N–H and O–H groups in total. The first-order valence-corrected chi connectivity index (χ1v) is 9.80. The van der Waals surface area contributed by atoms with Crippen molar-refractivity contribution < 1.29 is 41.6 Å². The molecule has 2 aromatic carbocycles. The Labute approximate surface area is 195 Å². The standard InChI is InChI=1S/C15H12N2O5.C9H8O.ClH/c1-17(2)7-3-4-9-11(5-7)22-14-12(16-9)8(15(20)21)6-10(18)13(14)19;1-2-6-9-8(4-1)5-3-7-10-9;/h3-6,19H,1-2H3,(H,20,21);1-6H,7H2;1H. The number of carboxylic acids is 1. The summed E-state index contributed by atoms with van der Waals surface area (Å²) in [4.78, 5) is 27.7. The summed E-state index contributed by atoms with van der Waals surface area (Å²) in [6, 6.07) is 14.2. The van der Waals surface area contributed by atoms with Crippen molar-refractivity contribution in [3.63, 3.8) is 0 Å². The highest BCUT2D eigenvalue weighted by Crippen LogP contribution is 2.31. The van der Waals surface area contributed by atoms with Gasteiger partial charge in [-0.2, -0.15) is 4.98 Å². The number of phenolic OH excluding ortho intramolecular Hbond substituents is 1. The van der Waals surface area contributed by atoms with Gasteiger partial charge >= 0.3 is 5.97 Å². The smallest absolute Gasteiger partial charge is 0.342 e. The SMILES string of the molecule is C1=Cc2ccccc2OC1.CN(C)c1ccc2[nH+]c3c(C(=O)O)cc(=O)c(O)c-3oc2c1.[Cl-]. The summed E-state index contributed by atoms with van der Waals surface area (Å²) in [6.45, 7) is 0.705. The average Bonchev–Trinajstić information content (AvgIpc) is 2.80. The summed E-state index contributed by atoms with van der Waals surface area (Å²) in [7, 11) is 3.73. The fourth-order valence-electron chi connectivity index (χ4n) is 3.30. The van der Waals surface area contributed by atoms with E-state index in [1.165, 1.54) is 5.56 Å². The van der Waals surface area contributed by atoms with Crippen LogP contribution in [0.5, 0.6) is 11.5 Å². The second-order valence-electron chi connectivity index (χ2n) is 7.33. The van der Waals surface area contributed by atoms with Gasteiger partial charge < -0.3 is 36.7 Å². The number of anilines is 1. The number of hydrogen-bond donors (Lipinski definition) is 2. The van der Waals surface area contributed by atoms with Gasteiger partial charge in [-0.15, -0.1) is 0 Å². The molecule has 0 spiro atoms. The Morgan fingerprint density at radius 1 is 1.12 bits per heavy atom. The van der Waals surface area contributed by atoms with E-state index >= 15 is 0 Å². The first-order valence-electron chi connectivity index (χ1n) is 9.80. The molecule has 0 saturated carbocycles. The molecule has 9 heteroatoms. The van der Waals surface area contributed by atoms with Crippen LogP contribution in [0, 0.1) is 0 Å². The number of nitrogens with zero attached hydrogens (tertiary/aromatic N) is 1. The quantitative estimate of drug-likeness (QED) is 0.406. The Bertz CT molecular complexity index is 1380. The van der Waals surface area contributed by atoms with Crippen molar-refractivity contribution in [1.29, 1.82) is 0 Å². The monoisotopic (exact) mass is 468 g/mol. The van der Waals surface area contributed by atoms with E-state index in [-0.39, 0.29) is 29.4 Å². The minimum absolute atomic E-state index is 0. The molecule has 8 nitrogen and oxygen atoms in total. The normalized spacial score (nSPS) is 11.6. The van der Waals surface area contributed by atoms with Crippen molar-refractivity contribution in [2.24, 2.45) is 0 Å². The predicted octanol–water partition coefficient (Wildman–Crippen LogP) is 0.278. The zero-order valence-corrected chi connectivity index (χ0v) is 18.6. The molecule has 2 heterocycles. The maximum atomic E-state index is 11.7. The van der Waals surface area contributed by atoms with E-state index in [2.05, 4.69) is 11.1 Å². The zero-order valence-electron chi connectivity index (χ0n) is 17.8. The van der Waals surface area contributed by atoms with Gasteiger partial charge in [-0.1, -0.05) is 24.3 Å². The molecule has 0 saturated heterocycles. The number of aromatic amines is 1. The van der Waals surface area contributed by atoms with Crippen molar-refractivity contribution in [2.75, 3.05) is 25.6 Å². The molecule has 0 radical (unpaired) electrons. The number of rotatable bonds is 2. The highest BCUT2D eigenvalue weighted by Gasteiger charge is 2.29. The van der Waals surface area contributed by atoms with Crippen molar-refractivity contribution in [2.45, 2.75) is 0 Å². The first kappa shape index (κ1) is 23.6. The van der Waals surface area contributed by atoms with Crippen molar-refractivity contribution in [3.05, 3.63) is 76.0 Å². The molecule has 3 aliphatic rings. The zero-order chi connectivity index (χ0) is 22.8. The number of H-pyrrole nitrogens is 1. The summed E-state index contributed by atoms with van der Waals surface area (Å²) in [6.07, 6.45) is 4.10. The number of halogens is 1. The van der Waals surface area contributed by atoms with Crippen molar-refractivity contribution >= 4 is 28.8 Å². The number of benzene rings is 3. The summed E-state index contributed by atoms with van der Waals surface area (Å²) in [5.74, 6) is -1.08. The highest BCUT2D eigenvalue weighted by molar-refractivity contribution is 5.95. The molecular weight excluding hydrogens is 448 g/mol. The van der Waals surface area contributed by atoms with Crippen LogP contribution in [0.2, 0.25) is 0 Å². The van der Waals surface area contributed by atoms with Crippen molar-refractivity contribution in [3.8, 4) is 23.0 Å². The van der Waals surface area contributed by atoms with Gasteiger partial charge in [-0.3, -0.25) is 4.79 Å². The van der Waals surface area contributed by atoms with E-state index in [0.29, 0.717) is 17.7 Å². The average molecular weight is 469 g/mol. The fraction of sp³-hybridized carbons (Fsp3) is 0.125. The number of aromatic hydroxyl groups is 1. The number of carboxylic acid groups (broad SMARTS) is 1. The number of ether oxygens (including phenoxy) is 1. The van der Waals surface area contributed by atoms with Gasteiger partial charge in [0, 0.05) is 43.5 Å². The number of fused-ring (bicyclic) bond motifs is 3. The van der Waals surface area contributed by atoms with E-state index < -0.39 is 17.1 Å². The fourth-order valence-corrected chi connectivity index (χ4v) is 3.30. The van der Waals surface area contributed by atoms with E-state index in [1.807, 2.05) is 55.4 Å². The Balaban J connectivity index is 0.000000233. The van der Waals surface area contributed by atoms with Crippen LogP contribution >= 0.6 is 0 Å². The third-order valence-electron chi connectivity index (χ3n) is 4.96. The molecule has 2 aromatic rings. The van der Waals surface area contributed by atoms with Crippen LogP contribution in [-0.4, -0.2) is 36.9 Å². The van der Waals surface area contributed by atoms with Gasteiger partial charge in [0.25, 0.3) is 5.69 Å². The molecule has 0 amide bonds. The molecule has 0 fully saturated rings. The minimum Gasteiger partial charge on any atom is -1.00 e. The highest BCUT2D eigenvalue weighted by atomic mass is 35.5. The van der Waals surface area contributed by atoms with Gasteiger partial charge in [0.1, 0.15) is 17.9 Å². The van der Waals surface area contributed by atoms with Gasteiger partial charge in [-0.25, -0.2) is 4.79 Å². The van der Waals surface area contributed by atoms with Crippen LogP contribution in [0.25, 0.3) is 28.6 Å². The van der Waals surface area contributed by atoms with Gasteiger partial charge in [0.15, 0.2) is 0 Å². The summed E-state index contributed by atoms with van der Waals surface area (Å²) >= 11 is 0. The minimum atomic E-state index is -1.28. The van der Waals surface area contributed by atoms with Gasteiger partial charge in [0.2, 0.25) is 28.0 Å². The summed E-state index contributed by atoms with van der Waals surface area (Å²) in [5.41, 5.74) is 2.00. The van der Waals surface area contributed by atoms with E-state index in [9.17, 15) is 19.8 Å². The molecule has 0 aromatic heterocycles. The van der Waals surface area contributed by atoms with Gasteiger partial charge in [0.05, 0.1) is 0 Å². The van der Waals surface area contributed by atoms with Crippen LogP contribution in [0.15, 0.2) is 63.8 Å². The third-order valence-corrected chi connectivity index (χ3v) is 4.96. The maximum absolute atomic E-state index is 11.7. The molecule has 0 bridgehead atoms. The van der Waals surface area contributed by atoms with Crippen LogP contribution in [-0.2, 0) is 0 Å². The third kappa shape index (κ3) is 4.75. The number of nitrogens with one attached hydrogen (secondary N) is 1. The number of aromatic carboxylic acids is 1. The molecule has 0 atom stereocenters. The van der Waals surface area contributed by atoms with E-state index in [1.54, 1.807) is 12.1 Å². The Morgan fingerprint density at radius 2 is 1.88 bits per heavy atom. The second-order valence-corrected chi connectivity index (χ2v) is 7.33. The lowest BCUT2D eigenvalue weighted by atomic mass is 10.1. The largest absolute Gasteiger partial charge is 1.00 e. The molecule has 2 aliphatic heterocycles. The number of aromatic nitrogens is 1. The Kier molecular flexibility index (Phi) is 6.89. The first-order chi connectivity index (χ1) is 15.3. The van der Waals surface area contributed by atoms with Crippen LogP contribution in [0.4, 0.5) is 5.69 Å². The summed E-state index contributed by atoms with van der Waals surface area (Å²) < 4.78 is 10.9. The van der Waals surface area contributed by atoms with Crippen LogP contribution < -0.4 is 32.5 Å². The van der Waals surface area contributed by atoms with Gasteiger partial charge in [-0.05, 0) is 18.2 Å². The number of carbonyl (C=O) groups is 1. The predicted molar refractivity (Wildman–Crippen MR) is 120 cm³/mol. The summed E-state index contributed by atoms with van der Waals surface area (Å²) in [5, 5.41) is 19.1. The molecule has 0 unspecified atom stereocenters. The number of para-hydroxylation sites is 1. The maximum Gasteiger partial charge on any atom is 0.342 e. The lowest BCUT2D eigenvalue weighted by molar-refractivity contribution is -0.334. The second kappa shape index (κ2) is 9.62. The molecule has 1 aliphatic carbocycles. The van der Waals surface area contributed by atoms with Crippen LogP contribution in [0.1, 0.15) is 15.9 Å². The topological polar surface area (TPSA) is 114 Å². The molecule has 5 rings (SSSR count). The van der Waals surface area contributed by atoms with Crippen molar-refractivity contribution in [1.82, 2.24) is 0 Å². The lowest BCUT2D eigenvalue weighted by Gasteiger charge is -2.12. The number of phenols is 1. The molecular formula is C24H21ClN2O6. The van der Waals surface area contributed by atoms with E-state index in [0.717, 1.165) is 17.5 Å². The molecule has 170 valence electrons. The molecule has 33 heavy (non-hydrogen) atoms. The Morgan fingerprint density at radius 3 is 2.58 bits per heavy atom. The van der Waals surface area contributed by atoms with Crippen LogP contribution in [0.3, 0.4) is 0 Å². The van der Waals surface area contributed by atoms with E-state index in [4.69, 9.17) is 9.15 Å². The lowest BCUT2D eigenvalue weighted by Crippen LogP contribution is -3.00.